The van der Waals surface area contributed by atoms with Gasteiger partial charge in [0, 0.05) is 13.1 Å². The van der Waals surface area contributed by atoms with Crippen LogP contribution in [-0.4, -0.2) is 24.3 Å². The molecule has 3 heteroatoms. The predicted molar refractivity (Wildman–Crippen MR) is 36.5 cm³/mol. The van der Waals surface area contributed by atoms with Crippen molar-refractivity contribution in [1.29, 1.82) is 0 Å². The van der Waals surface area contributed by atoms with Crippen LogP contribution in [0.3, 0.4) is 0 Å². The van der Waals surface area contributed by atoms with Crippen molar-refractivity contribution in [1.82, 2.24) is 5.32 Å². The molecule has 2 rings (SSSR count). The average Bonchev–Trinajstić information content (AvgIpc) is 2.20. The molecule has 1 saturated heterocycles. The molecule has 1 heterocycles. The SMILES string of the molecule is N[C@@]12CCC[C@]1(F)C[N]C2. The molecule has 0 amide bonds. The molecule has 0 aromatic carbocycles. The zero-order chi connectivity index (χ0) is 7.24. The fourth-order valence-corrected chi connectivity index (χ4v) is 2.05. The van der Waals surface area contributed by atoms with Gasteiger partial charge >= 0.3 is 0 Å². The molecule has 10 heavy (non-hydrogen) atoms. The number of halogens is 1. The predicted octanol–water partition coefficient (Wildman–Crippen LogP) is 0.194. The first-order valence-electron chi connectivity index (χ1n) is 3.77. The van der Waals surface area contributed by atoms with Crippen LogP contribution in [0.15, 0.2) is 0 Å². The molecule has 2 fully saturated rings. The third kappa shape index (κ3) is 0.596. The molecule has 2 nitrogen and oxygen atoms in total. The molecule has 2 aliphatic rings. The van der Waals surface area contributed by atoms with Crippen molar-refractivity contribution in [3.63, 3.8) is 0 Å². The highest BCUT2D eigenvalue weighted by Crippen LogP contribution is 2.43. The summed E-state index contributed by atoms with van der Waals surface area (Å²) in [5.74, 6) is 0. The summed E-state index contributed by atoms with van der Waals surface area (Å²) < 4.78 is 13.7. The van der Waals surface area contributed by atoms with Gasteiger partial charge in [-0.25, -0.2) is 9.71 Å². The van der Waals surface area contributed by atoms with E-state index >= 15 is 0 Å². The van der Waals surface area contributed by atoms with E-state index in [9.17, 15) is 4.39 Å². The van der Waals surface area contributed by atoms with Crippen molar-refractivity contribution < 1.29 is 4.39 Å². The highest BCUT2D eigenvalue weighted by atomic mass is 19.1. The normalized spacial score (nSPS) is 53.4. The zero-order valence-corrected chi connectivity index (χ0v) is 5.94. The lowest BCUT2D eigenvalue weighted by Gasteiger charge is -2.27. The van der Waals surface area contributed by atoms with Gasteiger partial charge in [-0.1, -0.05) is 0 Å². The maximum absolute atomic E-state index is 13.7. The molecule has 1 saturated carbocycles. The highest BCUT2D eigenvalue weighted by molar-refractivity contribution is 5.15. The summed E-state index contributed by atoms with van der Waals surface area (Å²) in [6.45, 7) is 0.868. The second-order valence-corrected chi connectivity index (χ2v) is 3.51. The van der Waals surface area contributed by atoms with E-state index < -0.39 is 11.2 Å². The summed E-state index contributed by atoms with van der Waals surface area (Å²) >= 11 is 0. The standard InChI is InChI=1S/C7H12FN2/c8-6-2-1-3-7(6,9)5-10-4-6/h1-5,9H2/t6-,7+/m0/s1. The summed E-state index contributed by atoms with van der Waals surface area (Å²) in [5.41, 5.74) is 4.09. The topological polar surface area (TPSA) is 40.1 Å². The Labute approximate surface area is 60.0 Å². The minimum Gasteiger partial charge on any atom is -0.321 e. The molecule has 57 valence electrons. The quantitative estimate of drug-likeness (QED) is 0.516. The van der Waals surface area contributed by atoms with Crippen molar-refractivity contribution in [2.75, 3.05) is 13.1 Å². The molecule has 1 aliphatic heterocycles. The van der Waals surface area contributed by atoms with Gasteiger partial charge in [0.2, 0.25) is 0 Å². The van der Waals surface area contributed by atoms with Crippen LogP contribution in [0, 0.1) is 0 Å². The smallest absolute Gasteiger partial charge is 0.144 e. The van der Waals surface area contributed by atoms with Gasteiger partial charge in [0.05, 0.1) is 5.54 Å². The number of nitrogens with two attached hydrogens (primary N) is 1. The van der Waals surface area contributed by atoms with Gasteiger partial charge in [-0.15, -0.1) is 0 Å². The molecule has 0 aromatic rings. The van der Waals surface area contributed by atoms with Gasteiger partial charge in [-0.05, 0) is 19.3 Å². The highest BCUT2D eigenvalue weighted by Gasteiger charge is 2.57. The summed E-state index contributed by atoms with van der Waals surface area (Å²) in [6.07, 6.45) is 2.36. The molecule has 1 aliphatic carbocycles. The third-order valence-electron chi connectivity index (χ3n) is 2.84. The minimum atomic E-state index is -1.15. The number of fused-ring (bicyclic) bond motifs is 1. The van der Waals surface area contributed by atoms with Gasteiger partial charge in [-0.2, -0.15) is 0 Å². The number of hydrogen-bond donors (Lipinski definition) is 1. The monoisotopic (exact) mass is 143 g/mol. The van der Waals surface area contributed by atoms with Crippen molar-refractivity contribution >= 4 is 0 Å². The van der Waals surface area contributed by atoms with Gasteiger partial charge in [0.1, 0.15) is 5.67 Å². The maximum Gasteiger partial charge on any atom is 0.144 e. The first-order valence-corrected chi connectivity index (χ1v) is 3.77. The second kappa shape index (κ2) is 1.71. The molecular weight excluding hydrogens is 131 g/mol. The maximum atomic E-state index is 13.7. The fourth-order valence-electron chi connectivity index (χ4n) is 2.05. The van der Waals surface area contributed by atoms with E-state index in [1.807, 2.05) is 0 Å². The van der Waals surface area contributed by atoms with Crippen LogP contribution in [0.5, 0.6) is 0 Å². The van der Waals surface area contributed by atoms with Crippen LogP contribution in [-0.2, 0) is 0 Å². The Morgan fingerprint density at radius 3 is 2.80 bits per heavy atom. The Bertz CT molecular complexity index is 132. The molecule has 2 atom stereocenters. The Morgan fingerprint density at radius 1 is 1.30 bits per heavy atom. The summed E-state index contributed by atoms with van der Waals surface area (Å²) in [7, 11) is 0. The van der Waals surface area contributed by atoms with Gasteiger partial charge < -0.3 is 5.73 Å². The lowest BCUT2D eigenvalue weighted by Crippen LogP contribution is -2.53. The molecule has 0 spiro atoms. The lowest BCUT2D eigenvalue weighted by molar-refractivity contribution is 0.133. The largest absolute Gasteiger partial charge is 0.321 e. The van der Waals surface area contributed by atoms with E-state index in [2.05, 4.69) is 5.32 Å². The summed E-state index contributed by atoms with van der Waals surface area (Å²) in [5, 5.41) is 4.01. The van der Waals surface area contributed by atoms with Crippen molar-refractivity contribution in [3.8, 4) is 0 Å². The number of alkyl halides is 1. The molecule has 1 radical (unpaired) electrons. The van der Waals surface area contributed by atoms with E-state index in [0.717, 1.165) is 12.8 Å². The molecule has 0 bridgehead atoms. The summed E-state index contributed by atoms with van der Waals surface area (Å²) in [4.78, 5) is 0. The van der Waals surface area contributed by atoms with Crippen LogP contribution < -0.4 is 11.1 Å². The Morgan fingerprint density at radius 2 is 2.10 bits per heavy atom. The number of hydrogen-bond acceptors (Lipinski definition) is 1. The molecular formula is C7H12FN2. The van der Waals surface area contributed by atoms with E-state index in [1.165, 1.54) is 0 Å². The molecule has 2 N–H and O–H groups in total. The Hall–Kier alpha value is -0.150. The first kappa shape index (κ1) is 6.55. The lowest BCUT2D eigenvalue weighted by atomic mass is 9.89. The van der Waals surface area contributed by atoms with Crippen LogP contribution in [0.25, 0.3) is 0 Å². The van der Waals surface area contributed by atoms with Crippen LogP contribution in [0.1, 0.15) is 19.3 Å². The van der Waals surface area contributed by atoms with Crippen LogP contribution in [0.2, 0.25) is 0 Å². The van der Waals surface area contributed by atoms with Crippen molar-refractivity contribution in [3.05, 3.63) is 0 Å². The van der Waals surface area contributed by atoms with Crippen molar-refractivity contribution in [2.24, 2.45) is 5.73 Å². The third-order valence-corrected chi connectivity index (χ3v) is 2.84. The minimum absolute atomic E-state index is 0.337. The first-order chi connectivity index (χ1) is 4.66. The molecule has 0 aromatic heterocycles. The Kier molecular flexibility index (Phi) is 1.12. The number of rotatable bonds is 0. The van der Waals surface area contributed by atoms with E-state index in [4.69, 9.17) is 5.73 Å². The number of nitrogens with zero attached hydrogens (tertiary/aromatic N) is 1. The van der Waals surface area contributed by atoms with Gasteiger partial charge in [0.15, 0.2) is 0 Å². The van der Waals surface area contributed by atoms with E-state index in [-0.39, 0.29) is 0 Å². The van der Waals surface area contributed by atoms with Crippen LogP contribution in [0.4, 0.5) is 4.39 Å². The molecule has 0 unspecified atom stereocenters. The fraction of sp³-hybridized carbons (Fsp3) is 1.00. The zero-order valence-electron chi connectivity index (χ0n) is 5.94. The van der Waals surface area contributed by atoms with Crippen LogP contribution >= 0.6 is 0 Å². The second-order valence-electron chi connectivity index (χ2n) is 3.51. The van der Waals surface area contributed by atoms with E-state index in [1.54, 1.807) is 0 Å². The van der Waals surface area contributed by atoms with Gasteiger partial charge in [-0.3, -0.25) is 0 Å². The van der Waals surface area contributed by atoms with E-state index in [0.29, 0.717) is 19.5 Å². The average molecular weight is 143 g/mol. The van der Waals surface area contributed by atoms with Gasteiger partial charge in [0.25, 0.3) is 0 Å². The Balaban J connectivity index is 2.30. The van der Waals surface area contributed by atoms with Crippen molar-refractivity contribution in [2.45, 2.75) is 30.5 Å². The summed E-state index contributed by atoms with van der Waals surface area (Å²) in [6, 6.07) is 0.